The topological polar surface area (TPSA) is 66.5 Å². The number of rotatable bonds is 3. The lowest BCUT2D eigenvalue weighted by Crippen LogP contribution is -2.04. The second kappa shape index (κ2) is 4.46. The normalized spacial score (nSPS) is 12.8. The number of benzene rings is 1. The first-order valence-corrected chi connectivity index (χ1v) is 4.37. The first-order valence-electron chi connectivity index (χ1n) is 3.99. The van der Waals surface area contributed by atoms with Crippen molar-refractivity contribution in [1.82, 2.24) is 0 Å². The molecular weight excluding hydrogens is 190 g/mol. The van der Waals surface area contributed by atoms with E-state index in [1.54, 1.807) is 18.2 Å². The predicted molar refractivity (Wildman–Crippen MR) is 52.5 cm³/mol. The van der Waals surface area contributed by atoms with Crippen LogP contribution in [0.3, 0.4) is 0 Å². The Morgan fingerprint density at radius 1 is 1.46 bits per heavy atom. The van der Waals surface area contributed by atoms with Gasteiger partial charge in [0.1, 0.15) is 0 Å². The first kappa shape index (κ1) is 10.3. The van der Waals surface area contributed by atoms with Gasteiger partial charge >= 0.3 is 0 Å². The summed E-state index contributed by atoms with van der Waals surface area (Å²) < 4.78 is 0. The zero-order valence-electron chi connectivity index (χ0n) is 7.07. The predicted octanol–water partition coefficient (Wildman–Crippen LogP) is 1.34. The SMILES string of the molecule is Nc1c(Cl)cccc1C(O)CCO. The zero-order valence-corrected chi connectivity index (χ0v) is 7.83. The number of hydrogen-bond donors (Lipinski definition) is 3. The second-order valence-corrected chi connectivity index (χ2v) is 3.18. The lowest BCUT2D eigenvalue weighted by molar-refractivity contribution is 0.135. The molecule has 4 heteroatoms. The largest absolute Gasteiger partial charge is 0.397 e. The molecule has 0 fully saturated rings. The first-order chi connectivity index (χ1) is 6.16. The average molecular weight is 202 g/mol. The van der Waals surface area contributed by atoms with Crippen molar-refractivity contribution in [2.45, 2.75) is 12.5 Å². The molecule has 0 aromatic heterocycles. The molecule has 0 amide bonds. The Labute approximate surface area is 81.8 Å². The number of nitrogens with two attached hydrogens (primary N) is 1. The van der Waals surface area contributed by atoms with Crippen LogP contribution in [0.5, 0.6) is 0 Å². The third-order valence-corrected chi connectivity index (χ3v) is 2.18. The van der Waals surface area contributed by atoms with Gasteiger partial charge in [0.05, 0.1) is 16.8 Å². The van der Waals surface area contributed by atoms with Crippen molar-refractivity contribution in [1.29, 1.82) is 0 Å². The quantitative estimate of drug-likeness (QED) is 0.647. The van der Waals surface area contributed by atoms with E-state index in [1.165, 1.54) is 0 Å². The van der Waals surface area contributed by atoms with E-state index in [1.807, 2.05) is 0 Å². The van der Waals surface area contributed by atoms with Gasteiger partial charge in [0.15, 0.2) is 0 Å². The van der Waals surface area contributed by atoms with E-state index >= 15 is 0 Å². The van der Waals surface area contributed by atoms with Crippen LogP contribution >= 0.6 is 11.6 Å². The summed E-state index contributed by atoms with van der Waals surface area (Å²) >= 11 is 5.76. The highest BCUT2D eigenvalue weighted by Crippen LogP contribution is 2.28. The van der Waals surface area contributed by atoms with Crippen LogP contribution in [0.1, 0.15) is 18.1 Å². The zero-order chi connectivity index (χ0) is 9.84. The van der Waals surface area contributed by atoms with Crippen molar-refractivity contribution in [2.24, 2.45) is 0 Å². The van der Waals surface area contributed by atoms with E-state index in [-0.39, 0.29) is 13.0 Å². The number of halogens is 1. The summed E-state index contributed by atoms with van der Waals surface area (Å²) in [6.45, 7) is -0.0763. The molecule has 1 rings (SSSR count). The number of anilines is 1. The highest BCUT2D eigenvalue weighted by atomic mass is 35.5. The molecule has 3 nitrogen and oxygen atoms in total. The lowest BCUT2D eigenvalue weighted by atomic mass is 10.1. The Bertz CT molecular complexity index is 291. The summed E-state index contributed by atoms with van der Waals surface area (Å²) in [6, 6.07) is 5.07. The fraction of sp³-hybridized carbons (Fsp3) is 0.333. The maximum absolute atomic E-state index is 9.53. The van der Waals surface area contributed by atoms with E-state index < -0.39 is 6.10 Å². The maximum Gasteiger partial charge on any atom is 0.0832 e. The fourth-order valence-corrected chi connectivity index (χ4v) is 1.30. The van der Waals surface area contributed by atoms with Crippen molar-refractivity contribution in [2.75, 3.05) is 12.3 Å². The van der Waals surface area contributed by atoms with Crippen LogP contribution in [0.15, 0.2) is 18.2 Å². The van der Waals surface area contributed by atoms with E-state index in [0.717, 1.165) is 0 Å². The van der Waals surface area contributed by atoms with Gasteiger partial charge in [0.2, 0.25) is 0 Å². The van der Waals surface area contributed by atoms with Crippen LogP contribution in [0.25, 0.3) is 0 Å². The summed E-state index contributed by atoms with van der Waals surface area (Å²) in [5.41, 5.74) is 6.59. The van der Waals surface area contributed by atoms with Crippen LogP contribution in [0.4, 0.5) is 5.69 Å². The Balaban J connectivity index is 2.93. The molecule has 0 aliphatic heterocycles. The van der Waals surface area contributed by atoms with Gasteiger partial charge in [-0.2, -0.15) is 0 Å². The van der Waals surface area contributed by atoms with Gasteiger partial charge in [-0.25, -0.2) is 0 Å². The highest BCUT2D eigenvalue weighted by Gasteiger charge is 2.11. The van der Waals surface area contributed by atoms with Crippen molar-refractivity contribution >= 4 is 17.3 Å². The molecule has 0 spiro atoms. The third kappa shape index (κ3) is 2.34. The summed E-state index contributed by atoms with van der Waals surface area (Å²) in [5.74, 6) is 0. The highest BCUT2D eigenvalue weighted by molar-refractivity contribution is 6.33. The van der Waals surface area contributed by atoms with Crippen molar-refractivity contribution in [3.8, 4) is 0 Å². The van der Waals surface area contributed by atoms with E-state index in [4.69, 9.17) is 22.4 Å². The van der Waals surface area contributed by atoms with Crippen LogP contribution in [-0.4, -0.2) is 16.8 Å². The summed E-state index contributed by atoms with van der Waals surface area (Å²) in [5, 5.41) is 18.6. The van der Waals surface area contributed by atoms with Gasteiger partial charge in [0.25, 0.3) is 0 Å². The average Bonchev–Trinajstić information content (AvgIpc) is 2.10. The number of hydrogen-bond acceptors (Lipinski definition) is 3. The molecule has 1 aromatic carbocycles. The Hall–Kier alpha value is -0.770. The molecule has 0 radical (unpaired) electrons. The number of para-hydroxylation sites is 1. The molecular formula is C9H12ClNO2. The van der Waals surface area contributed by atoms with Crippen LogP contribution in [0, 0.1) is 0 Å². The summed E-state index contributed by atoms with van der Waals surface area (Å²) in [7, 11) is 0. The van der Waals surface area contributed by atoms with Gasteiger partial charge in [0, 0.05) is 18.6 Å². The standard InChI is InChI=1S/C9H12ClNO2/c10-7-3-1-2-6(9(7)11)8(13)4-5-12/h1-3,8,12-13H,4-5,11H2. The Morgan fingerprint density at radius 3 is 2.77 bits per heavy atom. The third-order valence-electron chi connectivity index (χ3n) is 1.85. The molecule has 0 aliphatic rings. The van der Waals surface area contributed by atoms with E-state index in [2.05, 4.69) is 0 Å². The van der Waals surface area contributed by atoms with Gasteiger partial charge in [-0.1, -0.05) is 23.7 Å². The van der Waals surface area contributed by atoms with Gasteiger partial charge in [-0.3, -0.25) is 0 Å². The smallest absolute Gasteiger partial charge is 0.0832 e. The molecule has 1 aromatic rings. The second-order valence-electron chi connectivity index (χ2n) is 2.77. The van der Waals surface area contributed by atoms with Crippen molar-refractivity contribution in [3.63, 3.8) is 0 Å². The van der Waals surface area contributed by atoms with Gasteiger partial charge in [-0.05, 0) is 6.07 Å². The van der Waals surface area contributed by atoms with Crippen molar-refractivity contribution in [3.05, 3.63) is 28.8 Å². The molecule has 13 heavy (non-hydrogen) atoms. The summed E-state index contributed by atoms with van der Waals surface area (Å²) in [4.78, 5) is 0. The Morgan fingerprint density at radius 2 is 2.15 bits per heavy atom. The molecule has 0 aliphatic carbocycles. The monoisotopic (exact) mass is 201 g/mol. The molecule has 1 atom stereocenters. The molecule has 0 heterocycles. The molecule has 72 valence electrons. The molecule has 0 bridgehead atoms. The summed E-state index contributed by atoms with van der Waals surface area (Å²) in [6.07, 6.45) is -0.478. The van der Waals surface area contributed by atoms with E-state index in [0.29, 0.717) is 16.3 Å². The number of aliphatic hydroxyl groups excluding tert-OH is 2. The fourth-order valence-electron chi connectivity index (χ4n) is 1.12. The van der Waals surface area contributed by atoms with Gasteiger partial charge < -0.3 is 15.9 Å². The van der Waals surface area contributed by atoms with Crippen LogP contribution in [0.2, 0.25) is 5.02 Å². The number of nitrogen functional groups attached to an aromatic ring is 1. The lowest BCUT2D eigenvalue weighted by Gasteiger charge is -2.12. The molecule has 4 N–H and O–H groups in total. The van der Waals surface area contributed by atoms with Crippen molar-refractivity contribution < 1.29 is 10.2 Å². The molecule has 0 saturated heterocycles. The minimum atomic E-state index is -0.747. The van der Waals surface area contributed by atoms with Crippen LogP contribution in [-0.2, 0) is 0 Å². The Kier molecular flexibility index (Phi) is 3.54. The molecule has 1 unspecified atom stereocenters. The number of aliphatic hydroxyl groups is 2. The maximum atomic E-state index is 9.53. The van der Waals surface area contributed by atoms with Crippen LogP contribution < -0.4 is 5.73 Å². The van der Waals surface area contributed by atoms with Gasteiger partial charge in [-0.15, -0.1) is 0 Å². The minimum absolute atomic E-state index is 0.0763. The van der Waals surface area contributed by atoms with E-state index in [9.17, 15) is 5.11 Å². The minimum Gasteiger partial charge on any atom is -0.397 e. The molecule has 0 saturated carbocycles.